The van der Waals surface area contributed by atoms with Gasteiger partial charge in [-0.05, 0) is 56.8 Å². The summed E-state index contributed by atoms with van der Waals surface area (Å²) in [5.41, 5.74) is 4.30. The van der Waals surface area contributed by atoms with E-state index in [0.29, 0.717) is 17.9 Å². The molecule has 3 aromatic rings. The topological polar surface area (TPSA) is 43.7 Å². The minimum absolute atomic E-state index is 0.0315. The summed E-state index contributed by atoms with van der Waals surface area (Å²) in [6.07, 6.45) is 0. The summed E-state index contributed by atoms with van der Waals surface area (Å²) in [4.78, 5) is 14.8. The molecule has 2 aromatic carbocycles. The molecule has 4 rings (SSSR count). The Morgan fingerprint density at radius 1 is 1.10 bits per heavy atom. The van der Waals surface area contributed by atoms with Gasteiger partial charge in [0.05, 0.1) is 6.54 Å². The number of likely N-dealkylation sites (N-methyl/N-ethyl adjacent to an activating group) is 1. The van der Waals surface area contributed by atoms with Crippen molar-refractivity contribution in [2.75, 3.05) is 20.4 Å². The molecule has 0 radical (unpaired) electrons. The number of ether oxygens (including phenoxy) is 2. The molecule has 6 heteroatoms. The predicted octanol–water partition coefficient (Wildman–Crippen LogP) is 4.28. The Balaban J connectivity index is 1.53. The number of hydrogen-bond donors (Lipinski definition) is 0. The van der Waals surface area contributed by atoms with Gasteiger partial charge in [0.25, 0.3) is 0 Å². The Bertz CT molecular complexity index is 1070. The number of fused-ring (bicyclic) bond motifs is 1. The zero-order chi connectivity index (χ0) is 20.5. The largest absolute Gasteiger partial charge is 0.454 e. The van der Waals surface area contributed by atoms with Crippen LogP contribution in [-0.2, 0) is 6.54 Å². The Labute approximate surface area is 169 Å². The summed E-state index contributed by atoms with van der Waals surface area (Å²) >= 11 is 0. The number of hydrogen-bond acceptors (Lipinski definition) is 4. The van der Waals surface area contributed by atoms with E-state index in [1.165, 1.54) is 12.1 Å². The molecule has 1 aromatic heterocycles. The van der Waals surface area contributed by atoms with Crippen molar-refractivity contribution in [1.82, 2.24) is 9.47 Å². The first-order chi connectivity index (χ1) is 13.9. The average molecular weight is 394 g/mol. The summed E-state index contributed by atoms with van der Waals surface area (Å²) < 4.78 is 26.3. The molecule has 0 atom stereocenters. The fourth-order valence-corrected chi connectivity index (χ4v) is 3.80. The molecule has 0 aliphatic carbocycles. The first-order valence-electron chi connectivity index (χ1n) is 9.47. The van der Waals surface area contributed by atoms with E-state index < -0.39 is 0 Å². The molecule has 1 aliphatic rings. The van der Waals surface area contributed by atoms with Crippen LogP contribution >= 0.6 is 0 Å². The Morgan fingerprint density at radius 2 is 1.90 bits per heavy atom. The quantitative estimate of drug-likeness (QED) is 0.586. The predicted molar refractivity (Wildman–Crippen MR) is 108 cm³/mol. The highest BCUT2D eigenvalue weighted by Crippen LogP contribution is 2.35. The van der Waals surface area contributed by atoms with Crippen LogP contribution in [0.2, 0.25) is 0 Å². The van der Waals surface area contributed by atoms with Crippen LogP contribution in [-0.4, -0.2) is 35.6 Å². The maximum atomic E-state index is 13.4. The monoisotopic (exact) mass is 394 g/mol. The number of ketones is 1. The van der Waals surface area contributed by atoms with Crippen LogP contribution < -0.4 is 9.47 Å². The van der Waals surface area contributed by atoms with Gasteiger partial charge in [0.15, 0.2) is 17.3 Å². The molecule has 0 bridgehead atoms. The number of carbonyl (C=O) groups is 1. The maximum Gasteiger partial charge on any atom is 0.231 e. The number of Topliss-reactive ketones (excluding diaryl/α,β-unsaturated/α-hetero) is 1. The van der Waals surface area contributed by atoms with E-state index in [4.69, 9.17) is 9.47 Å². The highest BCUT2D eigenvalue weighted by atomic mass is 19.1. The molecule has 150 valence electrons. The van der Waals surface area contributed by atoms with E-state index in [9.17, 15) is 9.18 Å². The van der Waals surface area contributed by atoms with Gasteiger partial charge in [0, 0.05) is 35.2 Å². The number of aromatic nitrogens is 1. The summed E-state index contributed by atoms with van der Waals surface area (Å²) in [6, 6.07) is 14.1. The molecular formula is C23H23FN2O3. The van der Waals surface area contributed by atoms with Gasteiger partial charge in [0.1, 0.15) is 5.82 Å². The SMILES string of the molecule is Cc1cc(C(=O)CN(C)Cc2cccc(F)c2)c(C)n1-c1ccc2c(c1)OCO2. The number of carbonyl (C=O) groups excluding carboxylic acids is 1. The highest BCUT2D eigenvalue weighted by Gasteiger charge is 2.20. The van der Waals surface area contributed by atoms with Crippen molar-refractivity contribution < 1.29 is 18.7 Å². The molecule has 5 nitrogen and oxygen atoms in total. The van der Waals surface area contributed by atoms with Gasteiger partial charge in [-0.1, -0.05) is 12.1 Å². The smallest absolute Gasteiger partial charge is 0.231 e. The molecule has 0 saturated carbocycles. The van der Waals surface area contributed by atoms with Crippen LogP contribution in [0.15, 0.2) is 48.5 Å². The molecule has 0 amide bonds. The molecule has 29 heavy (non-hydrogen) atoms. The first kappa shape index (κ1) is 19.2. The van der Waals surface area contributed by atoms with Crippen LogP contribution in [0.5, 0.6) is 11.5 Å². The van der Waals surface area contributed by atoms with Crippen molar-refractivity contribution in [3.05, 3.63) is 76.9 Å². The van der Waals surface area contributed by atoms with E-state index in [1.54, 1.807) is 6.07 Å². The van der Waals surface area contributed by atoms with E-state index in [-0.39, 0.29) is 24.9 Å². The van der Waals surface area contributed by atoms with E-state index in [1.807, 2.05) is 60.7 Å². The van der Waals surface area contributed by atoms with Crippen molar-refractivity contribution in [3.63, 3.8) is 0 Å². The normalized spacial score (nSPS) is 12.6. The molecule has 0 spiro atoms. The molecule has 0 fully saturated rings. The van der Waals surface area contributed by atoms with Gasteiger partial charge < -0.3 is 14.0 Å². The standard InChI is InChI=1S/C23H23FN2O3/c1-15-9-20(21(27)13-25(3)12-17-5-4-6-18(24)10-17)16(2)26(15)19-7-8-22-23(11-19)29-14-28-22/h4-11H,12-14H2,1-3H3. The summed E-state index contributed by atoms with van der Waals surface area (Å²) in [5.74, 6) is 1.20. The van der Waals surface area contributed by atoms with E-state index in [2.05, 4.69) is 0 Å². The zero-order valence-electron chi connectivity index (χ0n) is 16.7. The second kappa shape index (κ2) is 7.72. The fourth-order valence-electron chi connectivity index (χ4n) is 3.80. The van der Waals surface area contributed by atoms with Crippen LogP contribution in [0, 0.1) is 19.7 Å². The van der Waals surface area contributed by atoms with E-state index >= 15 is 0 Å². The van der Waals surface area contributed by atoms with Crippen molar-refractivity contribution in [2.24, 2.45) is 0 Å². The van der Waals surface area contributed by atoms with Crippen molar-refractivity contribution in [2.45, 2.75) is 20.4 Å². The fraction of sp³-hybridized carbons (Fsp3) is 0.261. The number of aryl methyl sites for hydroxylation is 1. The lowest BCUT2D eigenvalue weighted by molar-refractivity contribution is 0.0942. The zero-order valence-corrected chi connectivity index (χ0v) is 16.7. The lowest BCUT2D eigenvalue weighted by atomic mass is 10.1. The van der Waals surface area contributed by atoms with Crippen molar-refractivity contribution in [3.8, 4) is 17.2 Å². The van der Waals surface area contributed by atoms with Gasteiger partial charge >= 0.3 is 0 Å². The van der Waals surface area contributed by atoms with Gasteiger partial charge in [-0.3, -0.25) is 9.69 Å². The molecule has 2 heterocycles. The van der Waals surface area contributed by atoms with E-state index in [0.717, 1.165) is 28.4 Å². The van der Waals surface area contributed by atoms with Gasteiger partial charge in [-0.15, -0.1) is 0 Å². The minimum Gasteiger partial charge on any atom is -0.454 e. The second-order valence-electron chi connectivity index (χ2n) is 7.38. The molecular weight excluding hydrogens is 371 g/mol. The molecule has 0 saturated heterocycles. The van der Waals surface area contributed by atoms with Gasteiger partial charge in [0.2, 0.25) is 6.79 Å². The van der Waals surface area contributed by atoms with Gasteiger partial charge in [-0.2, -0.15) is 0 Å². The number of rotatable bonds is 6. The Morgan fingerprint density at radius 3 is 2.69 bits per heavy atom. The van der Waals surface area contributed by atoms with Crippen LogP contribution in [0.25, 0.3) is 5.69 Å². The van der Waals surface area contributed by atoms with Crippen LogP contribution in [0.1, 0.15) is 27.3 Å². The Kier molecular flexibility index (Phi) is 5.11. The summed E-state index contributed by atoms with van der Waals surface area (Å²) in [6.45, 7) is 4.90. The number of halogens is 1. The lowest BCUT2D eigenvalue weighted by Crippen LogP contribution is -2.26. The molecule has 0 unspecified atom stereocenters. The minimum atomic E-state index is -0.269. The van der Waals surface area contributed by atoms with Crippen LogP contribution in [0.3, 0.4) is 0 Å². The Hall–Kier alpha value is -3.12. The molecule has 0 N–H and O–H groups in total. The lowest BCUT2D eigenvalue weighted by Gasteiger charge is -2.16. The van der Waals surface area contributed by atoms with Crippen LogP contribution in [0.4, 0.5) is 4.39 Å². The second-order valence-corrected chi connectivity index (χ2v) is 7.38. The summed E-state index contributed by atoms with van der Waals surface area (Å²) in [7, 11) is 1.86. The highest BCUT2D eigenvalue weighted by molar-refractivity contribution is 5.99. The van der Waals surface area contributed by atoms with Gasteiger partial charge in [-0.25, -0.2) is 4.39 Å². The van der Waals surface area contributed by atoms with Crippen molar-refractivity contribution >= 4 is 5.78 Å². The maximum absolute atomic E-state index is 13.4. The molecule has 1 aliphatic heterocycles. The third kappa shape index (κ3) is 3.89. The number of benzene rings is 2. The summed E-state index contributed by atoms with van der Waals surface area (Å²) in [5, 5.41) is 0. The van der Waals surface area contributed by atoms with Crippen molar-refractivity contribution in [1.29, 1.82) is 0 Å². The average Bonchev–Trinajstić information content (AvgIpc) is 3.24. The first-order valence-corrected chi connectivity index (χ1v) is 9.47. The third-order valence-corrected chi connectivity index (χ3v) is 5.10. The number of nitrogens with zero attached hydrogens (tertiary/aromatic N) is 2. The third-order valence-electron chi connectivity index (χ3n) is 5.10.